The summed E-state index contributed by atoms with van der Waals surface area (Å²) >= 11 is 14.5. The summed E-state index contributed by atoms with van der Waals surface area (Å²) in [5.41, 5.74) is 0.824. The number of hydrogen-bond acceptors (Lipinski definition) is 8. The molecule has 10 nitrogen and oxygen atoms in total. The van der Waals surface area contributed by atoms with Crippen LogP contribution in [-0.4, -0.2) is 109 Å². The first-order valence-electron chi connectivity index (χ1n) is 15.2. The van der Waals surface area contributed by atoms with E-state index in [9.17, 15) is 9.59 Å². The molecule has 3 heterocycles. The number of nitrogens with zero attached hydrogens (tertiary/aromatic N) is 5. The number of nitrogens with one attached hydrogen (secondary N) is 2. The van der Waals surface area contributed by atoms with E-state index in [0.717, 1.165) is 44.3 Å². The number of piperazine rings is 1. The Bertz CT molecular complexity index is 1020. The fourth-order valence-electron chi connectivity index (χ4n) is 5.15. The first kappa shape index (κ1) is 35.3. The van der Waals surface area contributed by atoms with Gasteiger partial charge in [0.25, 0.3) is 0 Å². The van der Waals surface area contributed by atoms with Crippen LogP contribution in [0.1, 0.15) is 46.0 Å². The second-order valence-corrected chi connectivity index (χ2v) is 12.7. The fourth-order valence-corrected chi connectivity index (χ4v) is 5.87. The molecule has 1 aromatic carbocycles. The van der Waals surface area contributed by atoms with Gasteiger partial charge in [0, 0.05) is 88.1 Å². The fraction of sp³-hybridized carbons (Fsp3) is 0.690. The number of rotatable bonds is 12. The number of hydrogen-bond donors (Lipinski definition) is 2. The lowest BCUT2D eigenvalue weighted by atomic mass is 9.96. The van der Waals surface area contributed by atoms with E-state index in [1.54, 1.807) is 17.1 Å². The number of carbonyl (C=O) groups is 2. The second kappa shape index (κ2) is 19.2. The lowest BCUT2D eigenvalue weighted by molar-refractivity contribution is -0.126. The first-order chi connectivity index (χ1) is 20.4. The molecule has 2 fully saturated rings. The number of anilines is 1. The van der Waals surface area contributed by atoms with Gasteiger partial charge in [-0.2, -0.15) is 5.10 Å². The Kier molecular flexibility index (Phi) is 16.1. The Morgan fingerprint density at radius 2 is 1.74 bits per heavy atom. The Morgan fingerprint density at radius 1 is 1.00 bits per heavy atom. The van der Waals surface area contributed by atoms with Crippen LogP contribution in [0.2, 0.25) is 10.0 Å². The summed E-state index contributed by atoms with van der Waals surface area (Å²) in [6, 6.07) is 5.32. The third-order valence-electron chi connectivity index (χ3n) is 7.52. The molecule has 13 heteroatoms. The van der Waals surface area contributed by atoms with Crippen LogP contribution >= 0.6 is 46.1 Å². The molecule has 2 N–H and O–H groups in total. The maximum absolute atomic E-state index is 12.3. The normalized spacial score (nSPS) is 18.8. The van der Waals surface area contributed by atoms with E-state index in [-0.39, 0.29) is 18.4 Å². The molecule has 0 unspecified atom stereocenters. The summed E-state index contributed by atoms with van der Waals surface area (Å²) in [5, 5.41) is 12.9. The van der Waals surface area contributed by atoms with Crippen molar-refractivity contribution in [1.29, 1.82) is 0 Å². The highest BCUT2D eigenvalue weighted by Gasteiger charge is 2.23. The Labute approximate surface area is 274 Å². The quantitative estimate of drug-likeness (QED) is 0.188. The molecule has 2 amide bonds. The van der Waals surface area contributed by atoms with Gasteiger partial charge in [-0.1, -0.05) is 37.0 Å². The van der Waals surface area contributed by atoms with Crippen LogP contribution in [0, 0.1) is 5.92 Å². The van der Waals surface area contributed by atoms with Crippen LogP contribution in [0.4, 0.5) is 5.69 Å². The van der Waals surface area contributed by atoms with E-state index < -0.39 is 0 Å². The van der Waals surface area contributed by atoms with Gasteiger partial charge in [0.2, 0.25) is 11.8 Å². The number of carbonyl (C=O) groups excluding carboxylic acids is 2. The van der Waals surface area contributed by atoms with Crippen molar-refractivity contribution < 1.29 is 14.3 Å². The molecule has 0 aromatic heterocycles. The molecule has 0 saturated carbocycles. The molecule has 1 aromatic rings. The number of piperidine rings is 1. The van der Waals surface area contributed by atoms with Gasteiger partial charge in [-0.3, -0.25) is 14.6 Å². The number of amidine groups is 1. The summed E-state index contributed by atoms with van der Waals surface area (Å²) in [6.45, 7) is 14.7. The van der Waals surface area contributed by atoms with Crippen LogP contribution in [-0.2, 0) is 14.3 Å². The van der Waals surface area contributed by atoms with Crippen LogP contribution in [0.15, 0.2) is 23.3 Å². The summed E-state index contributed by atoms with van der Waals surface area (Å²) in [6.07, 6.45) is 3.96. The maximum atomic E-state index is 12.3. The predicted octanol–water partition coefficient (Wildman–Crippen LogP) is 4.25. The summed E-state index contributed by atoms with van der Waals surface area (Å²) in [7, 11) is 0. The average Bonchev–Trinajstić information content (AvgIpc) is 3.46. The number of amides is 2. The lowest BCUT2D eigenvalue weighted by Crippen LogP contribution is -2.46. The van der Waals surface area contributed by atoms with E-state index in [1.807, 2.05) is 19.9 Å². The molecule has 3 aliphatic heterocycles. The number of hydrazone groups is 1. The van der Waals surface area contributed by atoms with Crippen molar-refractivity contribution in [2.24, 2.45) is 11.0 Å². The van der Waals surface area contributed by atoms with Crippen molar-refractivity contribution in [1.82, 2.24) is 23.5 Å². The zero-order valence-corrected chi connectivity index (χ0v) is 28.6. The lowest BCUT2D eigenvalue weighted by Gasteiger charge is -2.37. The SMILES string of the molecule is CC.O=C(COCCN1CCC(CN2CCN(I)CC2)CC1)NCCCC(=O)NC1=NN(c2ccc(Cl)c(Cl)c2)CC1. The van der Waals surface area contributed by atoms with Crippen molar-refractivity contribution >= 4 is 69.4 Å². The topological polar surface area (TPSA) is 92.8 Å². The molecule has 42 heavy (non-hydrogen) atoms. The summed E-state index contributed by atoms with van der Waals surface area (Å²) in [5.74, 6) is 1.14. The predicted molar refractivity (Wildman–Crippen MR) is 180 cm³/mol. The van der Waals surface area contributed by atoms with Crippen LogP contribution in [0.5, 0.6) is 0 Å². The largest absolute Gasteiger partial charge is 0.370 e. The molecule has 0 bridgehead atoms. The molecule has 2 saturated heterocycles. The summed E-state index contributed by atoms with van der Waals surface area (Å²) in [4.78, 5) is 29.4. The van der Waals surface area contributed by atoms with Gasteiger partial charge >= 0.3 is 0 Å². The molecular weight excluding hydrogens is 692 g/mol. The first-order valence-corrected chi connectivity index (χ1v) is 16.9. The molecule has 0 aliphatic carbocycles. The highest BCUT2D eigenvalue weighted by Crippen LogP contribution is 2.28. The zero-order chi connectivity index (χ0) is 30.3. The van der Waals surface area contributed by atoms with Crippen LogP contribution in [0.25, 0.3) is 0 Å². The van der Waals surface area contributed by atoms with Gasteiger partial charge in [-0.25, -0.2) is 3.11 Å². The minimum atomic E-state index is -0.150. The smallest absolute Gasteiger partial charge is 0.245 e. The van der Waals surface area contributed by atoms with Crippen molar-refractivity contribution in [2.45, 2.75) is 46.0 Å². The third kappa shape index (κ3) is 12.4. The monoisotopic (exact) mass is 737 g/mol. The Morgan fingerprint density at radius 3 is 2.45 bits per heavy atom. The highest BCUT2D eigenvalue weighted by molar-refractivity contribution is 14.1. The average molecular weight is 739 g/mol. The van der Waals surface area contributed by atoms with Crippen LogP contribution in [0.3, 0.4) is 0 Å². The van der Waals surface area contributed by atoms with Crippen LogP contribution < -0.4 is 15.6 Å². The molecule has 0 spiro atoms. The molecular formula is C29H46Cl2IN7O3. The van der Waals surface area contributed by atoms with Crippen molar-refractivity contribution in [3.8, 4) is 0 Å². The number of benzene rings is 1. The van der Waals surface area contributed by atoms with E-state index in [0.29, 0.717) is 54.8 Å². The maximum Gasteiger partial charge on any atom is 0.245 e. The van der Waals surface area contributed by atoms with E-state index in [1.165, 1.54) is 32.5 Å². The van der Waals surface area contributed by atoms with Gasteiger partial charge in [-0.05, 0) is 56.5 Å². The number of halogens is 3. The van der Waals surface area contributed by atoms with Gasteiger partial charge in [0.1, 0.15) is 12.4 Å². The van der Waals surface area contributed by atoms with Gasteiger partial charge in [0.05, 0.1) is 22.3 Å². The van der Waals surface area contributed by atoms with Gasteiger partial charge in [0.15, 0.2) is 0 Å². The Balaban J connectivity index is 0.00000237. The van der Waals surface area contributed by atoms with E-state index in [4.69, 9.17) is 27.9 Å². The third-order valence-corrected chi connectivity index (χ3v) is 9.22. The van der Waals surface area contributed by atoms with Gasteiger partial charge in [-0.15, -0.1) is 0 Å². The van der Waals surface area contributed by atoms with Crippen molar-refractivity contribution in [3.63, 3.8) is 0 Å². The molecule has 3 aliphatic rings. The van der Waals surface area contributed by atoms with Crippen molar-refractivity contribution in [3.05, 3.63) is 28.2 Å². The molecule has 0 radical (unpaired) electrons. The minimum Gasteiger partial charge on any atom is -0.370 e. The molecule has 4 rings (SSSR count). The zero-order valence-electron chi connectivity index (χ0n) is 24.9. The Hall–Kier alpha value is -1.22. The number of ether oxygens (including phenoxy) is 1. The van der Waals surface area contributed by atoms with Crippen molar-refractivity contribution in [2.75, 3.05) is 83.7 Å². The standard InChI is InChI=1S/C27H40Cl2IN7O3.C2H6/c28-23-4-3-22(18-24(23)29)37-11-7-25(33-37)32-26(38)2-1-8-31-27(39)20-40-17-16-34-9-5-21(6-10-34)19-35-12-14-36(30)15-13-35;1-2/h3-4,18,21H,1-2,5-17,19-20H2,(H,31,39)(H,32,33,38);1-2H3. The van der Waals surface area contributed by atoms with E-state index >= 15 is 0 Å². The minimum absolute atomic E-state index is 0.0484. The highest BCUT2D eigenvalue weighted by atomic mass is 127. The van der Waals surface area contributed by atoms with E-state index in [2.05, 4.69) is 51.5 Å². The molecule has 236 valence electrons. The molecule has 0 atom stereocenters. The second-order valence-electron chi connectivity index (χ2n) is 10.6. The summed E-state index contributed by atoms with van der Waals surface area (Å²) < 4.78 is 7.97. The van der Waals surface area contributed by atoms with Gasteiger partial charge < -0.3 is 25.2 Å². The number of likely N-dealkylation sites (tertiary alicyclic amines) is 1.